The van der Waals surface area contributed by atoms with Crippen molar-refractivity contribution in [3.63, 3.8) is 0 Å². The van der Waals surface area contributed by atoms with Crippen LogP contribution in [0.5, 0.6) is 0 Å². The summed E-state index contributed by atoms with van der Waals surface area (Å²) in [6.07, 6.45) is 13.3. The van der Waals surface area contributed by atoms with Gasteiger partial charge in [-0.15, -0.1) is 5.56 Å². The number of allylic oxidation sites excluding steroid dienone is 1. The number of benzene rings is 5. The molecule has 0 radical (unpaired) electrons. The smallest absolute Gasteiger partial charge is 0.510 e. The predicted molar refractivity (Wildman–Crippen MR) is 174 cm³/mol. The normalized spacial score (nSPS) is 18.2. The molecule has 1 aromatic heterocycles. The molecular formula is C38H26IrN5. The van der Waals surface area contributed by atoms with Crippen LogP contribution in [0.4, 0.5) is 5.69 Å². The van der Waals surface area contributed by atoms with Gasteiger partial charge in [0.2, 0.25) is 0 Å². The first-order valence-electron chi connectivity index (χ1n) is 14.5. The molecule has 5 heterocycles. The molecule has 4 aliphatic heterocycles. The average Bonchev–Trinajstić information content (AvgIpc) is 3.72. The summed E-state index contributed by atoms with van der Waals surface area (Å²) in [5.74, 6) is 1.17. The summed E-state index contributed by atoms with van der Waals surface area (Å²) in [4.78, 5) is 13.6. The molecule has 5 aromatic carbocycles. The van der Waals surface area contributed by atoms with Crippen molar-refractivity contribution in [2.24, 2.45) is 4.99 Å². The predicted octanol–water partition coefficient (Wildman–Crippen LogP) is 8.23. The van der Waals surface area contributed by atoms with Gasteiger partial charge in [0.25, 0.3) is 0 Å². The van der Waals surface area contributed by atoms with Gasteiger partial charge in [0, 0.05) is 17.8 Å². The molecule has 0 N–H and O–H groups in total. The molecule has 0 fully saturated rings. The van der Waals surface area contributed by atoms with E-state index >= 15 is 0 Å². The Balaban J connectivity index is 0.000000135. The van der Waals surface area contributed by atoms with Crippen LogP contribution in [0.2, 0.25) is 0 Å². The summed E-state index contributed by atoms with van der Waals surface area (Å²) < 4.78 is 2.07. The third-order valence-corrected chi connectivity index (χ3v) is 8.83. The standard InChI is InChI=1S/C22H14N3.C16H12N2.Ir/c1-2-5-15-14(4-1)7-8-17-16(15)9-10-19-20(17)18-6-3-11-23-21(18)25-13-12-24-22(19)25;1-17-10-16-14-8-3-2-6-12(14)13-7-4-5-9-15(13)18(16)11-17;/h1-12,18,21H;2-8,10-11H,1H3;/q-1;-2;+3. The van der Waals surface area contributed by atoms with Crippen molar-refractivity contribution in [2.45, 2.75) is 12.1 Å². The Morgan fingerprint density at radius 2 is 1.61 bits per heavy atom. The van der Waals surface area contributed by atoms with Gasteiger partial charge in [0.05, 0.1) is 0 Å². The van der Waals surface area contributed by atoms with Gasteiger partial charge in [-0.05, 0) is 57.8 Å². The molecule has 6 heteroatoms. The summed E-state index contributed by atoms with van der Waals surface area (Å²) in [6, 6.07) is 35.5. The van der Waals surface area contributed by atoms with E-state index in [9.17, 15) is 0 Å². The summed E-state index contributed by atoms with van der Waals surface area (Å²) >= 11 is 0. The first-order chi connectivity index (χ1) is 21.3. The van der Waals surface area contributed by atoms with E-state index in [0.29, 0.717) is 0 Å². The largest absolute Gasteiger partial charge is 3.00 e. The van der Waals surface area contributed by atoms with Crippen molar-refractivity contribution < 1.29 is 20.1 Å². The van der Waals surface area contributed by atoms with Crippen LogP contribution in [0.3, 0.4) is 0 Å². The third-order valence-electron chi connectivity index (χ3n) is 8.83. The minimum absolute atomic E-state index is 0. The molecule has 0 amide bonds. The van der Waals surface area contributed by atoms with Gasteiger partial charge in [0.1, 0.15) is 6.17 Å². The zero-order valence-electron chi connectivity index (χ0n) is 23.8. The molecule has 6 aromatic rings. The maximum atomic E-state index is 4.71. The number of hydrogen-bond acceptors (Lipinski definition) is 4. The molecule has 0 bridgehead atoms. The van der Waals surface area contributed by atoms with Crippen molar-refractivity contribution in [2.75, 3.05) is 11.9 Å². The second-order valence-electron chi connectivity index (χ2n) is 11.3. The second-order valence-corrected chi connectivity index (χ2v) is 11.3. The molecule has 0 spiro atoms. The number of aliphatic imine (C=N–C) groups is 1. The van der Waals surface area contributed by atoms with Crippen LogP contribution in [-0.2, 0) is 20.1 Å². The molecule has 0 saturated heterocycles. The maximum Gasteiger partial charge on any atom is 3.00 e. The van der Waals surface area contributed by atoms with E-state index in [1.165, 1.54) is 55.1 Å². The van der Waals surface area contributed by atoms with Crippen molar-refractivity contribution >= 4 is 39.1 Å². The average molecular weight is 745 g/mol. The fourth-order valence-corrected chi connectivity index (χ4v) is 7.01. The SMILES string of the molecule is CN1C=C2c3ccccc3-c3ccc[c-]c3N2[CH-]1.[Ir+3].[c-]1cnc2n1C1N=CC=CC1c1c-2ccc2c1ccc1ccccc12. The Morgan fingerprint density at radius 1 is 0.795 bits per heavy atom. The quantitative estimate of drug-likeness (QED) is 0.116. The Bertz CT molecular complexity index is 2170. The maximum absolute atomic E-state index is 4.71. The number of aromatic nitrogens is 2. The first kappa shape index (κ1) is 26.8. The number of anilines is 1. The van der Waals surface area contributed by atoms with Crippen LogP contribution in [-0.4, -0.2) is 27.7 Å². The monoisotopic (exact) mass is 745 g/mol. The van der Waals surface area contributed by atoms with Crippen LogP contribution >= 0.6 is 0 Å². The Hall–Kier alpha value is -4.77. The Labute approximate surface area is 269 Å². The van der Waals surface area contributed by atoms with Crippen LogP contribution in [0.1, 0.15) is 23.2 Å². The zero-order chi connectivity index (χ0) is 28.5. The molecule has 212 valence electrons. The van der Waals surface area contributed by atoms with Gasteiger partial charge in [-0.2, -0.15) is 37.1 Å². The van der Waals surface area contributed by atoms with E-state index in [4.69, 9.17) is 4.99 Å². The van der Waals surface area contributed by atoms with Crippen molar-refractivity contribution in [1.29, 1.82) is 0 Å². The fourth-order valence-electron chi connectivity index (χ4n) is 7.01. The number of rotatable bonds is 0. The van der Waals surface area contributed by atoms with E-state index in [1.54, 1.807) is 6.20 Å². The van der Waals surface area contributed by atoms with Gasteiger partial charge >= 0.3 is 20.1 Å². The zero-order valence-corrected chi connectivity index (χ0v) is 26.2. The second kappa shape index (κ2) is 10.4. The Kier molecular flexibility index (Phi) is 6.37. The van der Waals surface area contributed by atoms with Gasteiger partial charge in [-0.25, -0.2) is 0 Å². The molecule has 44 heavy (non-hydrogen) atoms. The molecule has 0 aliphatic carbocycles. The number of imidazole rings is 1. The fraction of sp³-hybridized carbons (Fsp3) is 0.0789. The van der Waals surface area contributed by atoms with Crippen molar-refractivity contribution in [1.82, 2.24) is 14.5 Å². The first-order valence-corrected chi connectivity index (χ1v) is 14.5. The molecule has 2 unspecified atom stereocenters. The summed E-state index contributed by atoms with van der Waals surface area (Å²) in [5, 5.41) is 5.15. The van der Waals surface area contributed by atoms with Gasteiger partial charge in [0.15, 0.2) is 0 Å². The van der Waals surface area contributed by atoms with Crippen LogP contribution in [0.25, 0.3) is 49.8 Å². The molecule has 2 atom stereocenters. The Morgan fingerprint density at radius 3 is 2.55 bits per heavy atom. The van der Waals surface area contributed by atoms with Gasteiger partial charge < -0.3 is 19.4 Å². The van der Waals surface area contributed by atoms with E-state index in [2.05, 4.69) is 136 Å². The minimum atomic E-state index is 0. The summed E-state index contributed by atoms with van der Waals surface area (Å²) in [6.45, 7) is 2.10. The molecule has 10 rings (SSSR count). The topological polar surface area (TPSA) is 36.7 Å². The number of para-hydroxylation sites is 1. The number of nitrogens with zero attached hydrogens (tertiary/aromatic N) is 5. The van der Waals surface area contributed by atoms with Crippen molar-refractivity contribution in [3.05, 3.63) is 146 Å². The number of dihydropyridines is 1. The van der Waals surface area contributed by atoms with E-state index in [-0.39, 0.29) is 32.2 Å². The van der Waals surface area contributed by atoms with E-state index in [1.807, 2.05) is 24.4 Å². The van der Waals surface area contributed by atoms with Crippen molar-refractivity contribution in [3.8, 4) is 22.5 Å². The van der Waals surface area contributed by atoms with Gasteiger partial charge in [-0.1, -0.05) is 102 Å². The van der Waals surface area contributed by atoms with Crippen LogP contribution in [0.15, 0.2) is 121 Å². The number of hydrogen-bond donors (Lipinski definition) is 0. The van der Waals surface area contributed by atoms with E-state index < -0.39 is 0 Å². The van der Waals surface area contributed by atoms with Crippen LogP contribution < -0.4 is 4.90 Å². The minimum Gasteiger partial charge on any atom is -0.510 e. The molecule has 0 saturated carbocycles. The summed E-state index contributed by atoms with van der Waals surface area (Å²) in [5.41, 5.74) is 8.69. The van der Waals surface area contributed by atoms with E-state index in [0.717, 1.165) is 11.5 Å². The third kappa shape index (κ3) is 3.95. The van der Waals surface area contributed by atoms with Gasteiger partial charge in [-0.3, -0.25) is 4.99 Å². The van der Waals surface area contributed by atoms with Crippen LogP contribution in [0, 0.1) is 18.9 Å². The molecule has 4 aliphatic rings. The molecular weight excluding hydrogens is 719 g/mol. The summed E-state index contributed by atoms with van der Waals surface area (Å²) in [7, 11) is 2.05. The molecule has 5 nitrogen and oxygen atoms in total. The number of fused-ring (bicyclic) bond motifs is 16.